The SMILES string of the molecule is CC.CCOC(=O)Cn1c(Cl)cnc(NCC(F)(F)c2ccccn2)c1=O. The summed E-state index contributed by atoms with van der Waals surface area (Å²) in [5.41, 5.74) is -1.25. The molecule has 10 heteroatoms. The van der Waals surface area contributed by atoms with Crippen molar-refractivity contribution < 1.29 is 18.3 Å². The summed E-state index contributed by atoms with van der Waals surface area (Å²) in [6.07, 6.45) is 2.33. The highest BCUT2D eigenvalue weighted by molar-refractivity contribution is 6.29. The van der Waals surface area contributed by atoms with Crippen LogP contribution in [0.2, 0.25) is 5.15 Å². The van der Waals surface area contributed by atoms with Crippen LogP contribution >= 0.6 is 11.6 Å². The van der Waals surface area contributed by atoms with E-state index in [1.165, 1.54) is 24.4 Å². The van der Waals surface area contributed by atoms with E-state index in [1.54, 1.807) is 6.92 Å². The third-order valence-corrected chi connectivity index (χ3v) is 3.42. The van der Waals surface area contributed by atoms with Crippen molar-refractivity contribution in [3.05, 3.63) is 51.8 Å². The Morgan fingerprint density at radius 2 is 2.04 bits per heavy atom. The average molecular weight is 403 g/mol. The molecule has 27 heavy (non-hydrogen) atoms. The van der Waals surface area contributed by atoms with Gasteiger partial charge in [0.2, 0.25) is 0 Å². The van der Waals surface area contributed by atoms with Crippen LogP contribution in [0.15, 0.2) is 35.4 Å². The van der Waals surface area contributed by atoms with Gasteiger partial charge in [-0.15, -0.1) is 0 Å². The molecule has 0 fully saturated rings. The average Bonchev–Trinajstić information content (AvgIpc) is 2.67. The number of carbonyl (C=O) groups is 1. The maximum Gasteiger partial charge on any atom is 0.326 e. The van der Waals surface area contributed by atoms with E-state index in [0.717, 1.165) is 10.8 Å². The number of hydrogen-bond acceptors (Lipinski definition) is 6. The lowest BCUT2D eigenvalue weighted by Gasteiger charge is -2.17. The number of aromatic nitrogens is 3. The number of halogens is 3. The molecule has 0 saturated heterocycles. The Hall–Kier alpha value is -2.55. The van der Waals surface area contributed by atoms with Crippen LogP contribution in [0.3, 0.4) is 0 Å². The van der Waals surface area contributed by atoms with Crippen molar-refractivity contribution in [3.8, 4) is 0 Å². The van der Waals surface area contributed by atoms with Crippen molar-refractivity contribution in [3.63, 3.8) is 0 Å². The highest BCUT2D eigenvalue weighted by Crippen LogP contribution is 2.25. The van der Waals surface area contributed by atoms with E-state index >= 15 is 0 Å². The van der Waals surface area contributed by atoms with Crippen molar-refractivity contribution in [1.82, 2.24) is 14.5 Å². The molecule has 0 unspecified atom stereocenters. The summed E-state index contributed by atoms with van der Waals surface area (Å²) >= 11 is 5.84. The standard InChI is InChI=1S/C15H15ClF2N4O3.C2H6/c1-2-25-12(23)8-22-11(16)7-20-13(14(22)24)21-9-15(17,18)10-5-3-4-6-19-10;1-2/h3-7H,2,8-9H2,1H3,(H,20,21);1-2H3. The number of hydrogen-bond donors (Lipinski definition) is 1. The Balaban J connectivity index is 0.00000176. The lowest BCUT2D eigenvalue weighted by molar-refractivity contribution is -0.143. The van der Waals surface area contributed by atoms with Gasteiger partial charge in [-0.3, -0.25) is 19.1 Å². The quantitative estimate of drug-likeness (QED) is 0.716. The fourth-order valence-corrected chi connectivity index (χ4v) is 2.12. The topological polar surface area (TPSA) is 86.1 Å². The van der Waals surface area contributed by atoms with Crippen molar-refractivity contribution in [2.45, 2.75) is 33.2 Å². The molecule has 0 aliphatic heterocycles. The largest absolute Gasteiger partial charge is 0.465 e. The molecule has 0 bridgehead atoms. The van der Waals surface area contributed by atoms with E-state index in [0.29, 0.717) is 0 Å². The number of alkyl halides is 2. The van der Waals surface area contributed by atoms with Crippen molar-refractivity contribution in [2.24, 2.45) is 0 Å². The molecule has 0 spiro atoms. The number of rotatable bonds is 7. The zero-order valence-corrected chi connectivity index (χ0v) is 16.0. The summed E-state index contributed by atoms with van der Waals surface area (Å²) in [6, 6.07) is 4.13. The van der Waals surface area contributed by atoms with E-state index in [1.807, 2.05) is 13.8 Å². The summed E-state index contributed by atoms with van der Waals surface area (Å²) in [4.78, 5) is 31.1. The Morgan fingerprint density at radius 3 is 2.63 bits per heavy atom. The first-order valence-electron chi connectivity index (χ1n) is 8.29. The van der Waals surface area contributed by atoms with E-state index in [2.05, 4.69) is 15.3 Å². The second-order valence-corrected chi connectivity index (χ2v) is 5.29. The van der Waals surface area contributed by atoms with Crippen LogP contribution in [0.4, 0.5) is 14.6 Å². The van der Waals surface area contributed by atoms with Crippen molar-refractivity contribution in [2.75, 3.05) is 18.5 Å². The Morgan fingerprint density at radius 1 is 1.33 bits per heavy atom. The van der Waals surface area contributed by atoms with Gasteiger partial charge in [0.1, 0.15) is 17.4 Å². The van der Waals surface area contributed by atoms with E-state index in [-0.39, 0.29) is 17.6 Å². The van der Waals surface area contributed by atoms with Gasteiger partial charge in [0.25, 0.3) is 5.56 Å². The summed E-state index contributed by atoms with van der Waals surface area (Å²) in [7, 11) is 0. The smallest absolute Gasteiger partial charge is 0.326 e. The van der Waals surface area contributed by atoms with Gasteiger partial charge in [0.15, 0.2) is 5.82 Å². The summed E-state index contributed by atoms with van der Waals surface area (Å²) in [6.45, 7) is 4.41. The van der Waals surface area contributed by atoms with Crippen LogP contribution in [0.25, 0.3) is 0 Å². The van der Waals surface area contributed by atoms with Crippen LogP contribution in [-0.2, 0) is 22.0 Å². The molecule has 2 aromatic heterocycles. The van der Waals surface area contributed by atoms with Crippen LogP contribution in [0, 0.1) is 0 Å². The summed E-state index contributed by atoms with van der Waals surface area (Å²) in [5, 5.41) is 2.17. The molecule has 0 aliphatic rings. The first-order chi connectivity index (χ1) is 12.8. The van der Waals surface area contributed by atoms with Gasteiger partial charge in [0.05, 0.1) is 19.3 Å². The van der Waals surface area contributed by atoms with Gasteiger partial charge in [-0.05, 0) is 19.1 Å². The normalized spacial score (nSPS) is 10.6. The highest BCUT2D eigenvalue weighted by atomic mass is 35.5. The zero-order valence-electron chi connectivity index (χ0n) is 15.2. The predicted octanol–water partition coefficient (Wildman–Crippen LogP) is 3.08. The van der Waals surface area contributed by atoms with Gasteiger partial charge in [0, 0.05) is 6.20 Å². The monoisotopic (exact) mass is 402 g/mol. The number of anilines is 1. The minimum Gasteiger partial charge on any atom is -0.465 e. The molecular formula is C17H21ClF2N4O3. The van der Waals surface area contributed by atoms with Crippen molar-refractivity contribution in [1.29, 1.82) is 0 Å². The molecule has 1 N–H and O–H groups in total. The molecular weight excluding hydrogens is 382 g/mol. The fraction of sp³-hybridized carbons (Fsp3) is 0.412. The molecule has 0 aromatic carbocycles. The summed E-state index contributed by atoms with van der Waals surface area (Å²) < 4.78 is 33.8. The van der Waals surface area contributed by atoms with Gasteiger partial charge >= 0.3 is 11.9 Å². The number of carbonyl (C=O) groups excluding carboxylic acids is 1. The molecule has 0 saturated carbocycles. The Bertz CT molecular complexity index is 801. The van der Waals surface area contributed by atoms with Crippen LogP contribution in [0.5, 0.6) is 0 Å². The number of ether oxygens (including phenoxy) is 1. The van der Waals surface area contributed by atoms with Crippen molar-refractivity contribution >= 4 is 23.4 Å². The lowest BCUT2D eigenvalue weighted by Crippen LogP contribution is -2.32. The molecule has 2 rings (SSSR count). The van der Waals surface area contributed by atoms with Gasteiger partial charge < -0.3 is 10.1 Å². The molecule has 0 amide bonds. The van der Waals surface area contributed by atoms with Gasteiger partial charge in [-0.2, -0.15) is 8.78 Å². The molecule has 0 atom stereocenters. The predicted molar refractivity (Wildman–Crippen MR) is 98.1 cm³/mol. The Labute approximate surface area is 160 Å². The van der Waals surface area contributed by atoms with Crippen LogP contribution in [-0.4, -0.2) is 33.7 Å². The lowest BCUT2D eigenvalue weighted by atomic mass is 10.2. The maximum absolute atomic E-state index is 14.1. The second kappa shape index (κ2) is 10.6. The first kappa shape index (κ1) is 22.5. The van der Waals surface area contributed by atoms with Crippen LogP contribution < -0.4 is 10.9 Å². The second-order valence-electron chi connectivity index (χ2n) is 4.90. The zero-order chi connectivity index (χ0) is 20.4. The molecule has 2 heterocycles. The van der Waals surface area contributed by atoms with Gasteiger partial charge in [-0.25, -0.2) is 4.98 Å². The minimum atomic E-state index is -3.32. The molecule has 2 aromatic rings. The highest BCUT2D eigenvalue weighted by Gasteiger charge is 2.33. The van der Waals surface area contributed by atoms with E-state index in [4.69, 9.17) is 16.3 Å². The molecule has 0 radical (unpaired) electrons. The molecule has 0 aliphatic carbocycles. The third kappa shape index (κ3) is 6.28. The number of nitrogens with one attached hydrogen (secondary N) is 1. The van der Waals surface area contributed by atoms with E-state index < -0.39 is 36.2 Å². The molecule has 7 nitrogen and oxygen atoms in total. The van der Waals surface area contributed by atoms with E-state index in [9.17, 15) is 18.4 Å². The third-order valence-electron chi connectivity index (χ3n) is 3.12. The fourth-order valence-electron chi connectivity index (χ4n) is 1.94. The van der Waals surface area contributed by atoms with Crippen LogP contribution in [0.1, 0.15) is 26.5 Å². The number of esters is 1. The maximum atomic E-state index is 14.1. The summed E-state index contributed by atoms with van der Waals surface area (Å²) in [5.74, 6) is -4.35. The molecule has 148 valence electrons. The number of pyridine rings is 1. The Kier molecular flexibility index (Phi) is 8.80. The first-order valence-corrected chi connectivity index (χ1v) is 8.67. The van der Waals surface area contributed by atoms with Gasteiger partial charge in [-0.1, -0.05) is 31.5 Å². The minimum absolute atomic E-state index is 0.111. The number of nitrogens with zero attached hydrogens (tertiary/aromatic N) is 3.